The van der Waals surface area contributed by atoms with E-state index in [-0.39, 0.29) is 6.04 Å². The molecule has 1 aromatic carbocycles. The zero-order valence-electron chi connectivity index (χ0n) is 10.7. The maximum absolute atomic E-state index is 12.7. The molecule has 0 spiro atoms. The van der Waals surface area contributed by atoms with E-state index >= 15 is 0 Å². The molecule has 1 atom stereocenters. The number of carbonyl (C=O) groups is 1. The summed E-state index contributed by atoms with van der Waals surface area (Å²) in [7, 11) is 0. The summed E-state index contributed by atoms with van der Waals surface area (Å²) >= 11 is 3.24. The van der Waals surface area contributed by atoms with E-state index in [1.807, 2.05) is 0 Å². The SMILES string of the molecule is O=C1Nc2cc(N(CC(F)(F)F)C3CC3)c(Br)cc2C1O. The van der Waals surface area contributed by atoms with Crippen LogP contribution in [0.1, 0.15) is 24.5 Å². The number of benzene rings is 1. The lowest BCUT2D eigenvalue weighted by molar-refractivity contribution is -0.123. The fourth-order valence-corrected chi connectivity index (χ4v) is 3.05. The third kappa shape index (κ3) is 2.87. The fraction of sp³-hybridized carbons (Fsp3) is 0.462. The van der Waals surface area contributed by atoms with Gasteiger partial charge in [0.2, 0.25) is 0 Å². The molecule has 0 saturated heterocycles. The van der Waals surface area contributed by atoms with Crippen molar-refractivity contribution < 1.29 is 23.1 Å². The van der Waals surface area contributed by atoms with E-state index in [0.29, 0.717) is 34.3 Å². The lowest BCUT2D eigenvalue weighted by atomic mass is 10.1. The molecule has 114 valence electrons. The highest BCUT2D eigenvalue weighted by atomic mass is 79.9. The van der Waals surface area contributed by atoms with Gasteiger partial charge in [0, 0.05) is 21.8 Å². The van der Waals surface area contributed by atoms with E-state index in [4.69, 9.17) is 0 Å². The van der Waals surface area contributed by atoms with Gasteiger partial charge in [-0.2, -0.15) is 13.2 Å². The number of nitrogens with one attached hydrogen (secondary N) is 1. The predicted octanol–water partition coefficient (Wildman–Crippen LogP) is 2.97. The maximum atomic E-state index is 12.7. The molecule has 21 heavy (non-hydrogen) atoms. The first kappa shape index (κ1) is 14.6. The molecule has 1 aliphatic heterocycles. The van der Waals surface area contributed by atoms with Crippen molar-refractivity contribution in [2.24, 2.45) is 0 Å². The number of hydrogen-bond donors (Lipinski definition) is 2. The number of anilines is 2. The number of aliphatic hydroxyl groups is 1. The molecule has 2 aliphatic rings. The van der Waals surface area contributed by atoms with Crippen molar-refractivity contribution in [1.29, 1.82) is 0 Å². The minimum absolute atomic E-state index is 0.136. The molecule has 1 heterocycles. The van der Waals surface area contributed by atoms with E-state index in [9.17, 15) is 23.1 Å². The summed E-state index contributed by atoms with van der Waals surface area (Å²) in [6.45, 7) is -1.04. The average Bonchev–Trinajstić information content (AvgIpc) is 3.16. The minimum atomic E-state index is -4.30. The first-order chi connectivity index (χ1) is 9.76. The molecule has 0 bridgehead atoms. The number of aliphatic hydroxyl groups excluding tert-OH is 1. The van der Waals surface area contributed by atoms with Crippen LogP contribution in [-0.2, 0) is 4.79 Å². The summed E-state index contributed by atoms with van der Waals surface area (Å²) in [6, 6.07) is 2.85. The highest BCUT2D eigenvalue weighted by Gasteiger charge is 2.40. The van der Waals surface area contributed by atoms with Crippen LogP contribution in [0.4, 0.5) is 24.5 Å². The zero-order valence-corrected chi connectivity index (χ0v) is 12.3. The van der Waals surface area contributed by atoms with E-state index in [1.54, 1.807) is 0 Å². The molecular weight excluding hydrogens is 353 g/mol. The Morgan fingerprint density at radius 3 is 2.62 bits per heavy atom. The van der Waals surface area contributed by atoms with Crippen LogP contribution in [0.25, 0.3) is 0 Å². The number of fused-ring (bicyclic) bond motifs is 1. The summed E-state index contributed by atoms with van der Waals surface area (Å²) in [6.07, 6.45) is -4.14. The van der Waals surface area contributed by atoms with Crippen molar-refractivity contribution in [2.45, 2.75) is 31.2 Å². The van der Waals surface area contributed by atoms with E-state index in [2.05, 4.69) is 21.2 Å². The van der Waals surface area contributed by atoms with Crippen molar-refractivity contribution in [1.82, 2.24) is 0 Å². The number of carbonyl (C=O) groups excluding carboxylic acids is 1. The van der Waals surface area contributed by atoms with E-state index in [0.717, 1.165) is 0 Å². The summed E-state index contributed by atoms with van der Waals surface area (Å²) in [5.41, 5.74) is 1.11. The Kier molecular flexibility index (Phi) is 3.40. The van der Waals surface area contributed by atoms with Crippen molar-refractivity contribution in [3.05, 3.63) is 22.2 Å². The summed E-state index contributed by atoms with van der Waals surface area (Å²) < 4.78 is 38.7. The van der Waals surface area contributed by atoms with Gasteiger partial charge in [0.15, 0.2) is 6.10 Å². The molecule has 1 aromatic rings. The van der Waals surface area contributed by atoms with Crippen LogP contribution < -0.4 is 10.2 Å². The number of alkyl halides is 3. The van der Waals surface area contributed by atoms with Gasteiger partial charge in [0.05, 0.1) is 5.69 Å². The predicted molar refractivity (Wildman–Crippen MR) is 74.2 cm³/mol. The van der Waals surface area contributed by atoms with Crippen LogP contribution in [0.15, 0.2) is 16.6 Å². The van der Waals surface area contributed by atoms with Gasteiger partial charge in [0.25, 0.3) is 5.91 Å². The van der Waals surface area contributed by atoms with Crippen LogP contribution in [0, 0.1) is 0 Å². The maximum Gasteiger partial charge on any atom is 0.405 e. The van der Waals surface area contributed by atoms with Crippen LogP contribution >= 0.6 is 15.9 Å². The molecule has 0 radical (unpaired) electrons. The molecule has 1 amide bonds. The summed E-state index contributed by atoms with van der Waals surface area (Å²) in [5.74, 6) is -0.567. The molecule has 2 N–H and O–H groups in total. The van der Waals surface area contributed by atoms with Gasteiger partial charge in [-0.1, -0.05) is 0 Å². The lowest BCUT2D eigenvalue weighted by Gasteiger charge is -2.27. The fourth-order valence-electron chi connectivity index (χ4n) is 2.46. The zero-order chi connectivity index (χ0) is 15.4. The van der Waals surface area contributed by atoms with E-state index < -0.39 is 24.7 Å². The van der Waals surface area contributed by atoms with Crippen LogP contribution in [0.3, 0.4) is 0 Å². The van der Waals surface area contributed by atoms with E-state index in [1.165, 1.54) is 17.0 Å². The second-order valence-electron chi connectivity index (χ2n) is 5.26. The summed E-state index contributed by atoms with van der Waals surface area (Å²) in [4.78, 5) is 12.7. The number of amides is 1. The quantitative estimate of drug-likeness (QED) is 0.866. The molecule has 3 rings (SSSR count). The van der Waals surface area contributed by atoms with Crippen LogP contribution in [0.2, 0.25) is 0 Å². The molecule has 1 fully saturated rings. The first-order valence-electron chi connectivity index (χ1n) is 6.42. The van der Waals surface area contributed by atoms with Crippen LogP contribution in [-0.4, -0.2) is 29.8 Å². The van der Waals surface area contributed by atoms with Gasteiger partial charge in [-0.3, -0.25) is 4.79 Å². The Labute approximate surface area is 127 Å². The van der Waals surface area contributed by atoms with Crippen molar-refractivity contribution in [2.75, 3.05) is 16.8 Å². The van der Waals surface area contributed by atoms with Crippen LogP contribution in [0.5, 0.6) is 0 Å². The number of halogens is 4. The van der Waals surface area contributed by atoms with Crippen molar-refractivity contribution in [3.63, 3.8) is 0 Å². The third-order valence-corrected chi connectivity index (χ3v) is 4.20. The standard InChI is InChI=1S/C13H12BrF3N2O2/c14-8-3-7-9(18-12(21)11(7)20)4-10(8)19(6-1-2-6)5-13(15,16)17/h3-4,6,11,20H,1-2,5H2,(H,18,21). The Balaban J connectivity index is 1.98. The normalized spacial score (nSPS) is 21.2. The second kappa shape index (κ2) is 4.88. The van der Waals surface area contributed by atoms with Gasteiger partial charge in [0.1, 0.15) is 6.54 Å². The number of nitrogens with zero attached hydrogens (tertiary/aromatic N) is 1. The molecule has 0 aromatic heterocycles. The largest absolute Gasteiger partial charge is 0.405 e. The molecule has 1 saturated carbocycles. The Morgan fingerprint density at radius 1 is 1.38 bits per heavy atom. The minimum Gasteiger partial charge on any atom is -0.378 e. The number of rotatable bonds is 3. The monoisotopic (exact) mass is 364 g/mol. The highest BCUT2D eigenvalue weighted by Crippen LogP contribution is 2.43. The van der Waals surface area contributed by atoms with Gasteiger partial charge < -0.3 is 15.3 Å². The smallest absolute Gasteiger partial charge is 0.378 e. The topological polar surface area (TPSA) is 52.6 Å². The molecule has 4 nitrogen and oxygen atoms in total. The van der Waals surface area contributed by atoms with Crippen molar-refractivity contribution in [3.8, 4) is 0 Å². The second-order valence-corrected chi connectivity index (χ2v) is 6.11. The average molecular weight is 365 g/mol. The van der Waals surface area contributed by atoms with Gasteiger partial charge in [-0.05, 0) is 40.9 Å². The Bertz CT molecular complexity index is 602. The van der Waals surface area contributed by atoms with Crippen molar-refractivity contribution >= 4 is 33.2 Å². The third-order valence-electron chi connectivity index (χ3n) is 3.57. The Morgan fingerprint density at radius 2 is 2.05 bits per heavy atom. The first-order valence-corrected chi connectivity index (χ1v) is 7.21. The summed E-state index contributed by atoms with van der Waals surface area (Å²) in [5, 5.41) is 12.2. The molecule has 1 aliphatic carbocycles. The Hall–Kier alpha value is -1.28. The van der Waals surface area contributed by atoms with Gasteiger partial charge in [-0.15, -0.1) is 0 Å². The lowest BCUT2D eigenvalue weighted by Crippen LogP contribution is -2.36. The molecular formula is C13H12BrF3N2O2. The highest BCUT2D eigenvalue weighted by molar-refractivity contribution is 9.10. The molecule has 8 heteroatoms. The molecule has 1 unspecified atom stereocenters. The van der Waals surface area contributed by atoms with Gasteiger partial charge >= 0.3 is 6.18 Å². The number of hydrogen-bond acceptors (Lipinski definition) is 3. The van der Waals surface area contributed by atoms with Gasteiger partial charge in [-0.25, -0.2) is 0 Å².